The normalized spacial score (nSPS) is 11.9. The summed E-state index contributed by atoms with van der Waals surface area (Å²) < 4.78 is 28.1. The van der Waals surface area contributed by atoms with E-state index < -0.39 is 10.0 Å². The van der Waals surface area contributed by atoms with Crippen LogP contribution in [0.2, 0.25) is 0 Å². The highest BCUT2D eigenvalue weighted by Crippen LogP contribution is 2.34. The minimum absolute atomic E-state index is 0.336. The molecule has 1 N–H and O–H groups in total. The van der Waals surface area contributed by atoms with Gasteiger partial charge in [0.05, 0.1) is 3.79 Å². The molecule has 0 aromatic carbocycles. The fraction of sp³-hybridized carbons (Fsp3) is 0.556. The van der Waals surface area contributed by atoms with E-state index in [1.54, 1.807) is 6.07 Å². The molecular formula is C9H13Br2NO2S2. The minimum Gasteiger partial charge on any atom is -0.210 e. The van der Waals surface area contributed by atoms with Gasteiger partial charge in [0.15, 0.2) is 0 Å². The monoisotopic (exact) mass is 389 g/mol. The summed E-state index contributed by atoms with van der Waals surface area (Å²) in [5, 5.41) is 0. The molecule has 92 valence electrons. The smallest absolute Gasteiger partial charge is 0.210 e. The van der Waals surface area contributed by atoms with Crippen LogP contribution in [0.1, 0.15) is 26.2 Å². The molecule has 3 nitrogen and oxygen atoms in total. The molecule has 0 aliphatic heterocycles. The fourth-order valence-corrected chi connectivity index (χ4v) is 5.05. The van der Waals surface area contributed by atoms with E-state index in [0.717, 1.165) is 27.5 Å². The summed E-state index contributed by atoms with van der Waals surface area (Å²) >= 11 is 7.76. The number of thiophene rings is 1. The van der Waals surface area contributed by atoms with E-state index in [9.17, 15) is 8.42 Å². The Morgan fingerprint density at radius 1 is 1.38 bits per heavy atom. The number of hydrogen-bond acceptors (Lipinski definition) is 3. The zero-order chi connectivity index (χ0) is 12.2. The standard InChI is InChI=1S/C9H13Br2NO2S2/c1-2-3-4-5-12-16(13,14)8-6-7(10)9(11)15-8/h6,12H,2-5H2,1H3. The second-order valence-electron chi connectivity index (χ2n) is 3.29. The molecule has 0 amide bonds. The summed E-state index contributed by atoms with van der Waals surface area (Å²) in [6.45, 7) is 2.59. The summed E-state index contributed by atoms with van der Waals surface area (Å²) in [5.41, 5.74) is 0. The molecule has 1 aromatic heterocycles. The Morgan fingerprint density at radius 2 is 2.06 bits per heavy atom. The first-order chi connectivity index (χ1) is 7.47. The molecule has 0 saturated heterocycles. The molecule has 0 aliphatic carbocycles. The van der Waals surface area contributed by atoms with E-state index in [2.05, 4.69) is 43.5 Å². The summed E-state index contributed by atoms with van der Waals surface area (Å²) in [6.07, 6.45) is 3.00. The molecule has 0 aliphatic rings. The van der Waals surface area contributed by atoms with Gasteiger partial charge in [0.25, 0.3) is 0 Å². The van der Waals surface area contributed by atoms with Gasteiger partial charge < -0.3 is 0 Å². The fourth-order valence-electron chi connectivity index (χ4n) is 1.11. The van der Waals surface area contributed by atoms with E-state index in [0.29, 0.717) is 10.8 Å². The maximum Gasteiger partial charge on any atom is 0.250 e. The lowest BCUT2D eigenvalue weighted by atomic mass is 10.3. The van der Waals surface area contributed by atoms with E-state index in [4.69, 9.17) is 0 Å². The minimum atomic E-state index is -3.33. The van der Waals surface area contributed by atoms with Gasteiger partial charge in [0, 0.05) is 11.0 Å². The van der Waals surface area contributed by atoms with Crippen molar-refractivity contribution in [3.63, 3.8) is 0 Å². The Kier molecular flexibility index (Phi) is 5.93. The van der Waals surface area contributed by atoms with Crippen molar-refractivity contribution in [1.82, 2.24) is 4.72 Å². The average Bonchev–Trinajstić information content (AvgIpc) is 2.55. The molecular weight excluding hydrogens is 378 g/mol. The van der Waals surface area contributed by atoms with Crippen molar-refractivity contribution in [1.29, 1.82) is 0 Å². The van der Waals surface area contributed by atoms with Gasteiger partial charge >= 0.3 is 0 Å². The maximum atomic E-state index is 11.8. The third-order valence-corrected chi connectivity index (χ3v) is 7.15. The molecule has 1 heterocycles. The topological polar surface area (TPSA) is 46.2 Å². The third kappa shape index (κ3) is 4.10. The van der Waals surface area contributed by atoms with Crippen molar-refractivity contribution in [2.75, 3.05) is 6.54 Å². The largest absolute Gasteiger partial charge is 0.250 e. The molecule has 7 heteroatoms. The summed E-state index contributed by atoms with van der Waals surface area (Å²) in [7, 11) is -3.33. The number of hydrogen-bond donors (Lipinski definition) is 1. The summed E-state index contributed by atoms with van der Waals surface area (Å²) in [4.78, 5) is 0. The molecule has 16 heavy (non-hydrogen) atoms. The average molecular weight is 391 g/mol. The Labute approximate surface area is 117 Å². The van der Waals surface area contributed by atoms with Gasteiger partial charge in [-0.2, -0.15) is 0 Å². The van der Waals surface area contributed by atoms with Gasteiger partial charge in [0.2, 0.25) is 10.0 Å². The van der Waals surface area contributed by atoms with Crippen molar-refractivity contribution in [2.45, 2.75) is 30.4 Å². The van der Waals surface area contributed by atoms with Crippen LogP contribution in [0.25, 0.3) is 0 Å². The van der Waals surface area contributed by atoms with Gasteiger partial charge in [-0.15, -0.1) is 11.3 Å². The molecule has 0 unspecified atom stereocenters. The van der Waals surface area contributed by atoms with Crippen molar-refractivity contribution < 1.29 is 8.42 Å². The molecule has 1 aromatic rings. The number of unbranched alkanes of at least 4 members (excludes halogenated alkanes) is 2. The molecule has 1 rings (SSSR count). The van der Waals surface area contributed by atoms with E-state index in [1.165, 1.54) is 11.3 Å². The maximum absolute atomic E-state index is 11.8. The highest BCUT2D eigenvalue weighted by Gasteiger charge is 2.17. The van der Waals surface area contributed by atoms with Crippen LogP contribution in [0.5, 0.6) is 0 Å². The number of sulfonamides is 1. The van der Waals surface area contributed by atoms with Crippen molar-refractivity contribution in [3.8, 4) is 0 Å². The molecule has 0 saturated carbocycles. The predicted octanol–water partition coefficient (Wildman–Crippen LogP) is 3.74. The third-order valence-electron chi connectivity index (χ3n) is 1.96. The molecule has 0 atom stereocenters. The molecule has 0 radical (unpaired) electrons. The SMILES string of the molecule is CCCCCNS(=O)(=O)c1cc(Br)c(Br)s1. The predicted molar refractivity (Wildman–Crippen MR) is 74.4 cm³/mol. The van der Waals surface area contributed by atoms with E-state index in [-0.39, 0.29) is 0 Å². The van der Waals surface area contributed by atoms with Crippen LogP contribution in [0.3, 0.4) is 0 Å². The van der Waals surface area contributed by atoms with Crippen LogP contribution in [-0.4, -0.2) is 15.0 Å². The van der Waals surface area contributed by atoms with Crippen LogP contribution in [0, 0.1) is 0 Å². The van der Waals surface area contributed by atoms with Gasteiger partial charge in [-0.25, -0.2) is 13.1 Å². The summed E-state index contributed by atoms with van der Waals surface area (Å²) in [6, 6.07) is 1.61. The van der Waals surface area contributed by atoms with Crippen LogP contribution in [0.4, 0.5) is 0 Å². The number of nitrogens with one attached hydrogen (secondary N) is 1. The highest BCUT2D eigenvalue weighted by atomic mass is 79.9. The van der Waals surface area contributed by atoms with Gasteiger partial charge in [0.1, 0.15) is 4.21 Å². The van der Waals surface area contributed by atoms with Gasteiger partial charge in [-0.1, -0.05) is 19.8 Å². The van der Waals surface area contributed by atoms with Gasteiger partial charge in [-0.05, 0) is 44.3 Å². The zero-order valence-electron chi connectivity index (χ0n) is 8.79. The first-order valence-electron chi connectivity index (χ1n) is 4.92. The first kappa shape index (κ1) is 14.6. The van der Waals surface area contributed by atoms with E-state index >= 15 is 0 Å². The molecule has 0 bridgehead atoms. The quantitative estimate of drug-likeness (QED) is 0.752. The van der Waals surface area contributed by atoms with E-state index in [1.807, 2.05) is 0 Å². The van der Waals surface area contributed by atoms with Crippen molar-refractivity contribution in [3.05, 3.63) is 14.3 Å². The van der Waals surface area contributed by atoms with Crippen molar-refractivity contribution >= 4 is 53.2 Å². The van der Waals surface area contributed by atoms with Crippen LogP contribution >= 0.6 is 43.2 Å². The molecule has 0 fully saturated rings. The van der Waals surface area contributed by atoms with Crippen LogP contribution in [0.15, 0.2) is 18.5 Å². The Bertz CT molecular complexity index is 423. The Hall–Kier alpha value is 0.570. The number of rotatable bonds is 6. The molecule has 0 spiro atoms. The highest BCUT2D eigenvalue weighted by molar-refractivity contribution is 9.13. The lowest BCUT2D eigenvalue weighted by molar-refractivity contribution is 0.578. The zero-order valence-corrected chi connectivity index (χ0v) is 13.6. The van der Waals surface area contributed by atoms with Gasteiger partial charge in [-0.3, -0.25) is 0 Å². The second-order valence-corrected chi connectivity index (χ2v) is 8.51. The number of halogens is 2. The Morgan fingerprint density at radius 3 is 2.56 bits per heavy atom. The lowest BCUT2D eigenvalue weighted by Crippen LogP contribution is -2.23. The van der Waals surface area contributed by atoms with Crippen LogP contribution < -0.4 is 4.72 Å². The van der Waals surface area contributed by atoms with Crippen LogP contribution in [-0.2, 0) is 10.0 Å². The second kappa shape index (κ2) is 6.49. The Balaban J connectivity index is 2.64. The lowest BCUT2D eigenvalue weighted by Gasteiger charge is -2.03. The summed E-state index contributed by atoms with van der Waals surface area (Å²) in [5.74, 6) is 0. The van der Waals surface area contributed by atoms with Crippen molar-refractivity contribution in [2.24, 2.45) is 0 Å². The first-order valence-corrected chi connectivity index (χ1v) is 8.80.